The molecule has 3 nitrogen and oxygen atoms in total. The van der Waals surface area contributed by atoms with Crippen LogP contribution in [-0.4, -0.2) is 15.6 Å². The molecule has 1 aromatic heterocycles. The zero-order valence-electron chi connectivity index (χ0n) is 11.6. The van der Waals surface area contributed by atoms with Crippen molar-refractivity contribution in [2.45, 2.75) is 44.9 Å². The van der Waals surface area contributed by atoms with Crippen LogP contribution < -0.4 is 0 Å². The van der Waals surface area contributed by atoms with Crippen molar-refractivity contribution in [3.05, 3.63) is 18.0 Å². The first-order chi connectivity index (χ1) is 9.13. The number of aromatic nitrogens is 2. The van der Waals surface area contributed by atoms with Crippen LogP contribution in [0.5, 0.6) is 0 Å². The number of hydrogen-bond acceptors (Lipinski definition) is 2. The third-order valence-electron chi connectivity index (χ3n) is 5.81. The molecular formula is C16H22N2O. The van der Waals surface area contributed by atoms with Crippen molar-refractivity contribution >= 4 is 5.78 Å². The van der Waals surface area contributed by atoms with E-state index in [9.17, 15) is 4.79 Å². The van der Waals surface area contributed by atoms with E-state index in [0.29, 0.717) is 11.2 Å². The Morgan fingerprint density at radius 2 is 1.84 bits per heavy atom. The second-order valence-corrected chi connectivity index (χ2v) is 7.36. The first-order valence-electron chi connectivity index (χ1n) is 7.65. The van der Waals surface area contributed by atoms with E-state index in [-0.39, 0.29) is 0 Å². The molecule has 4 aliphatic rings. The van der Waals surface area contributed by atoms with Gasteiger partial charge in [-0.2, -0.15) is 5.10 Å². The first kappa shape index (κ1) is 11.7. The van der Waals surface area contributed by atoms with Gasteiger partial charge in [0.1, 0.15) is 5.69 Å². The number of carbonyl (C=O) groups is 1. The van der Waals surface area contributed by atoms with Gasteiger partial charge in [0.15, 0.2) is 5.78 Å². The smallest absolute Gasteiger partial charge is 0.181 e. The average molecular weight is 258 g/mol. The van der Waals surface area contributed by atoms with E-state index in [2.05, 4.69) is 5.10 Å². The maximum absolute atomic E-state index is 12.6. The van der Waals surface area contributed by atoms with E-state index in [0.717, 1.165) is 29.9 Å². The van der Waals surface area contributed by atoms with Gasteiger partial charge in [0, 0.05) is 19.7 Å². The molecule has 4 aliphatic carbocycles. The van der Waals surface area contributed by atoms with E-state index in [4.69, 9.17) is 0 Å². The molecule has 0 atom stereocenters. The highest BCUT2D eigenvalue weighted by molar-refractivity contribution is 5.94. The quantitative estimate of drug-likeness (QED) is 0.780. The van der Waals surface area contributed by atoms with Gasteiger partial charge in [0.25, 0.3) is 0 Å². The largest absolute Gasteiger partial charge is 0.292 e. The molecule has 0 aliphatic heterocycles. The summed E-state index contributed by atoms with van der Waals surface area (Å²) < 4.78 is 1.73. The number of nitrogens with zero attached hydrogens (tertiary/aromatic N) is 2. The summed E-state index contributed by atoms with van der Waals surface area (Å²) in [6.07, 6.45) is 10.7. The monoisotopic (exact) mass is 258 g/mol. The van der Waals surface area contributed by atoms with Crippen molar-refractivity contribution in [3.63, 3.8) is 0 Å². The van der Waals surface area contributed by atoms with Crippen LogP contribution in [0.3, 0.4) is 0 Å². The van der Waals surface area contributed by atoms with E-state index < -0.39 is 0 Å². The molecule has 4 saturated carbocycles. The van der Waals surface area contributed by atoms with Crippen LogP contribution in [0, 0.1) is 23.2 Å². The fourth-order valence-electron chi connectivity index (χ4n) is 5.59. The third-order valence-corrected chi connectivity index (χ3v) is 5.81. The fraction of sp³-hybridized carbons (Fsp3) is 0.750. The molecule has 0 spiro atoms. The van der Waals surface area contributed by atoms with Crippen LogP contribution in [-0.2, 0) is 7.05 Å². The van der Waals surface area contributed by atoms with Gasteiger partial charge in [-0.05, 0) is 67.8 Å². The molecule has 4 fully saturated rings. The minimum absolute atomic E-state index is 0.307. The highest BCUT2D eigenvalue weighted by atomic mass is 16.1. The van der Waals surface area contributed by atoms with Crippen molar-refractivity contribution in [1.29, 1.82) is 0 Å². The highest BCUT2D eigenvalue weighted by Crippen LogP contribution is 2.61. The van der Waals surface area contributed by atoms with Gasteiger partial charge in [-0.3, -0.25) is 9.48 Å². The van der Waals surface area contributed by atoms with Crippen LogP contribution in [0.4, 0.5) is 0 Å². The molecule has 0 saturated heterocycles. The summed E-state index contributed by atoms with van der Waals surface area (Å²) in [5, 5.41) is 4.13. The summed E-state index contributed by atoms with van der Waals surface area (Å²) >= 11 is 0. The molecule has 1 heterocycles. The number of rotatable bonds is 3. The zero-order chi connectivity index (χ0) is 13.0. The first-order valence-corrected chi connectivity index (χ1v) is 7.65. The Morgan fingerprint density at radius 1 is 1.26 bits per heavy atom. The summed E-state index contributed by atoms with van der Waals surface area (Å²) in [6.45, 7) is 0. The lowest BCUT2D eigenvalue weighted by Gasteiger charge is -2.56. The molecule has 0 aromatic carbocycles. The van der Waals surface area contributed by atoms with Crippen molar-refractivity contribution in [2.24, 2.45) is 30.2 Å². The number of hydrogen-bond donors (Lipinski definition) is 0. The standard InChI is InChI=1S/C16H22N2O/c1-18-14(2-3-17-18)15(19)10-16-7-11-4-12(8-16)6-13(5-11)9-16/h2-3,11-13H,4-10H2,1H3. The fourth-order valence-corrected chi connectivity index (χ4v) is 5.59. The van der Waals surface area contributed by atoms with Crippen molar-refractivity contribution in [1.82, 2.24) is 9.78 Å². The van der Waals surface area contributed by atoms with Crippen molar-refractivity contribution in [3.8, 4) is 0 Å². The Kier molecular flexibility index (Phi) is 2.42. The lowest BCUT2D eigenvalue weighted by atomic mass is 9.48. The number of aryl methyl sites for hydroxylation is 1. The van der Waals surface area contributed by atoms with Crippen LogP contribution in [0.15, 0.2) is 12.3 Å². The second-order valence-electron chi connectivity index (χ2n) is 7.36. The topological polar surface area (TPSA) is 34.9 Å². The van der Waals surface area contributed by atoms with Crippen LogP contribution >= 0.6 is 0 Å². The molecule has 0 amide bonds. The number of ketones is 1. The van der Waals surface area contributed by atoms with Gasteiger partial charge in [0.2, 0.25) is 0 Å². The van der Waals surface area contributed by atoms with Crippen LogP contribution in [0.1, 0.15) is 55.4 Å². The normalized spacial score (nSPS) is 39.7. The summed E-state index contributed by atoms with van der Waals surface area (Å²) in [7, 11) is 1.87. The molecule has 19 heavy (non-hydrogen) atoms. The van der Waals surface area contributed by atoms with Gasteiger partial charge in [-0.1, -0.05) is 0 Å². The lowest BCUT2D eigenvalue weighted by molar-refractivity contribution is -0.0525. The van der Waals surface area contributed by atoms with Crippen molar-refractivity contribution < 1.29 is 4.79 Å². The van der Waals surface area contributed by atoms with Gasteiger partial charge in [-0.15, -0.1) is 0 Å². The molecule has 3 heteroatoms. The van der Waals surface area contributed by atoms with Gasteiger partial charge < -0.3 is 0 Å². The Hall–Kier alpha value is -1.12. The maximum Gasteiger partial charge on any atom is 0.181 e. The summed E-state index contributed by atoms with van der Waals surface area (Å²) in [5.74, 6) is 3.07. The van der Waals surface area contributed by atoms with Gasteiger partial charge >= 0.3 is 0 Å². The number of Topliss-reactive ketones (excluding diaryl/α,β-unsaturated/α-hetero) is 1. The third kappa shape index (κ3) is 1.86. The minimum atomic E-state index is 0.307. The predicted molar refractivity (Wildman–Crippen MR) is 72.8 cm³/mol. The van der Waals surface area contributed by atoms with Gasteiger partial charge in [0.05, 0.1) is 0 Å². The molecule has 4 bridgehead atoms. The maximum atomic E-state index is 12.6. The Labute approximate surface area is 114 Å². The molecule has 1 aromatic rings. The lowest BCUT2D eigenvalue weighted by Crippen LogP contribution is -2.46. The molecule has 102 valence electrons. The molecular weight excluding hydrogens is 236 g/mol. The summed E-state index contributed by atoms with van der Waals surface area (Å²) in [4.78, 5) is 12.6. The van der Waals surface area contributed by atoms with Gasteiger partial charge in [-0.25, -0.2) is 0 Å². The minimum Gasteiger partial charge on any atom is -0.292 e. The van der Waals surface area contributed by atoms with E-state index in [1.807, 2.05) is 13.1 Å². The van der Waals surface area contributed by atoms with E-state index >= 15 is 0 Å². The average Bonchev–Trinajstić information content (AvgIpc) is 2.72. The second kappa shape index (κ2) is 3.94. The van der Waals surface area contributed by atoms with E-state index in [1.54, 1.807) is 10.9 Å². The zero-order valence-corrected chi connectivity index (χ0v) is 11.6. The Balaban J connectivity index is 1.56. The number of carbonyl (C=O) groups excluding carboxylic acids is 1. The summed E-state index contributed by atoms with van der Waals surface area (Å²) in [5.41, 5.74) is 1.13. The molecule has 0 radical (unpaired) electrons. The molecule has 0 N–H and O–H groups in total. The van der Waals surface area contributed by atoms with Crippen LogP contribution in [0.25, 0.3) is 0 Å². The Morgan fingerprint density at radius 3 is 2.32 bits per heavy atom. The molecule has 0 unspecified atom stereocenters. The van der Waals surface area contributed by atoms with Crippen molar-refractivity contribution in [2.75, 3.05) is 0 Å². The SMILES string of the molecule is Cn1nccc1C(=O)CC12CC3CC(CC(C3)C1)C2. The Bertz CT molecular complexity index is 481. The summed E-state index contributed by atoms with van der Waals surface area (Å²) in [6, 6.07) is 1.86. The van der Waals surface area contributed by atoms with E-state index in [1.165, 1.54) is 38.5 Å². The van der Waals surface area contributed by atoms with Crippen LogP contribution in [0.2, 0.25) is 0 Å². The predicted octanol–water partition coefficient (Wildman–Crippen LogP) is 3.21. The highest BCUT2D eigenvalue weighted by Gasteiger charge is 2.51. The molecule has 5 rings (SSSR count).